The summed E-state index contributed by atoms with van der Waals surface area (Å²) in [6.07, 6.45) is 7.01. The Morgan fingerprint density at radius 2 is 2.05 bits per heavy atom. The third-order valence-electron chi connectivity index (χ3n) is 4.65. The van der Waals surface area contributed by atoms with Crippen LogP contribution in [0.3, 0.4) is 0 Å². The maximum Gasteiger partial charge on any atom is 0.125 e. The SMILES string of the molecule is CC(O)c1ccccc1OCC1CCC2(CCCC2)O1. The minimum atomic E-state index is -0.503. The first-order chi connectivity index (χ1) is 9.69. The molecule has 1 saturated heterocycles. The van der Waals surface area contributed by atoms with Gasteiger partial charge in [0, 0.05) is 5.56 Å². The Hall–Kier alpha value is -1.06. The van der Waals surface area contributed by atoms with E-state index in [1.54, 1.807) is 6.92 Å². The van der Waals surface area contributed by atoms with Gasteiger partial charge in [0.2, 0.25) is 0 Å². The summed E-state index contributed by atoms with van der Waals surface area (Å²) in [7, 11) is 0. The van der Waals surface area contributed by atoms with Crippen LogP contribution in [0.15, 0.2) is 24.3 Å². The lowest BCUT2D eigenvalue weighted by molar-refractivity contribution is -0.0511. The molecule has 2 fully saturated rings. The third-order valence-corrected chi connectivity index (χ3v) is 4.65. The number of rotatable bonds is 4. The van der Waals surface area contributed by atoms with Crippen LogP contribution in [0.5, 0.6) is 5.75 Å². The molecule has 1 aromatic carbocycles. The molecule has 0 amide bonds. The predicted octanol–water partition coefficient (Wildman–Crippen LogP) is 3.61. The van der Waals surface area contributed by atoms with Crippen LogP contribution in [0, 0.1) is 0 Å². The smallest absolute Gasteiger partial charge is 0.125 e. The second-order valence-electron chi connectivity index (χ2n) is 6.19. The Bertz CT molecular complexity index is 449. The summed E-state index contributed by atoms with van der Waals surface area (Å²) < 4.78 is 12.1. The number of para-hydroxylation sites is 1. The summed E-state index contributed by atoms with van der Waals surface area (Å²) in [5.41, 5.74) is 1.01. The molecule has 20 heavy (non-hydrogen) atoms. The fourth-order valence-corrected chi connectivity index (χ4v) is 3.54. The van der Waals surface area contributed by atoms with Crippen molar-refractivity contribution in [2.75, 3.05) is 6.61 Å². The van der Waals surface area contributed by atoms with E-state index >= 15 is 0 Å². The fourth-order valence-electron chi connectivity index (χ4n) is 3.54. The molecular weight excluding hydrogens is 252 g/mol. The molecule has 1 N–H and O–H groups in total. The van der Waals surface area contributed by atoms with E-state index in [2.05, 4.69) is 0 Å². The largest absolute Gasteiger partial charge is 0.490 e. The molecule has 1 aliphatic heterocycles. The first kappa shape index (κ1) is 13.9. The number of benzene rings is 1. The molecule has 1 heterocycles. The van der Waals surface area contributed by atoms with E-state index in [-0.39, 0.29) is 11.7 Å². The van der Waals surface area contributed by atoms with Crippen LogP contribution in [0.1, 0.15) is 57.1 Å². The van der Waals surface area contributed by atoms with Crippen molar-refractivity contribution in [2.24, 2.45) is 0 Å². The van der Waals surface area contributed by atoms with E-state index in [1.165, 1.54) is 32.1 Å². The summed E-state index contributed by atoms with van der Waals surface area (Å²) in [6.45, 7) is 2.35. The minimum absolute atomic E-state index is 0.164. The summed E-state index contributed by atoms with van der Waals surface area (Å²) in [4.78, 5) is 0. The molecule has 1 aliphatic carbocycles. The Labute approximate surface area is 120 Å². The van der Waals surface area contributed by atoms with E-state index in [0.29, 0.717) is 6.61 Å². The van der Waals surface area contributed by atoms with E-state index < -0.39 is 6.10 Å². The minimum Gasteiger partial charge on any atom is -0.490 e. The zero-order valence-electron chi connectivity index (χ0n) is 12.2. The quantitative estimate of drug-likeness (QED) is 0.913. The molecule has 0 radical (unpaired) electrons. The number of hydrogen-bond donors (Lipinski definition) is 1. The van der Waals surface area contributed by atoms with Gasteiger partial charge in [-0.05, 0) is 38.7 Å². The number of aliphatic hydroxyl groups excluding tert-OH is 1. The number of ether oxygens (including phenoxy) is 2. The van der Waals surface area contributed by atoms with Gasteiger partial charge in [-0.25, -0.2) is 0 Å². The second kappa shape index (κ2) is 5.74. The van der Waals surface area contributed by atoms with E-state index in [4.69, 9.17) is 9.47 Å². The average molecular weight is 276 g/mol. The summed E-state index contributed by atoms with van der Waals surface area (Å²) >= 11 is 0. The topological polar surface area (TPSA) is 38.7 Å². The van der Waals surface area contributed by atoms with Gasteiger partial charge in [-0.2, -0.15) is 0 Å². The molecule has 3 rings (SSSR count). The second-order valence-corrected chi connectivity index (χ2v) is 6.19. The molecule has 2 aliphatic rings. The van der Waals surface area contributed by atoms with Gasteiger partial charge in [-0.3, -0.25) is 0 Å². The lowest BCUT2D eigenvalue weighted by atomic mass is 9.98. The highest BCUT2D eigenvalue weighted by Crippen LogP contribution is 2.43. The molecule has 110 valence electrons. The molecule has 1 aromatic rings. The third kappa shape index (κ3) is 2.84. The van der Waals surface area contributed by atoms with Crippen molar-refractivity contribution in [3.8, 4) is 5.75 Å². The zero-order chi connectivity index (χ0) is 14.0. The van der Waals surface area contributed by atoms with Crippen molar-refractivity contribution in [1.82, 2.24) is 0 Å². The number of hydrogen-bond acceptors (Lipinski definition) is 3. The molecular formula is C17H24O3. The van der Waals surface area contributed by atoms with Crippen LogP contribution in [0.25, 0.3) is 0 Å². The van der Waals surface area contributed by atoms with E-state index in [9.17, 15) is 5.11 Å². The van der Waals surface area contributed by atoms with Gasteiger partial charge < -0.3 is 14.6 Å². The Morgan fingerprint density at radius 1 is 1.30 bits per heavy atom. The van der Waals surface area contributed by atoms with Gasteiger partial charge in [-0.1, -0.05) is 31.0 Å². The van der Waals surface area contributed by atoms with Crippen LogP contribution >= 0.6 is 0 Å². The monoisotopic (exact) mass is 276 g/mol. The van der Waals surface area contributed by atoms with Crippen LogP contribution in [0.4, 0.5) is 0 Å². The lowest BCUT2D eigenvalue weighted by Gasteiger charge is -2.24. The van der Waals surface area contributed by atoms with Crippen LogP contribution in [-0.2, 0) is 4.74 Å². The van der Waals surface area contributed by atoms with Gasteiger partial charge >= 0.3 is 0 Å². The summed E-state index contributed by atoms with van der Waals surface area (Å²) in [5, 5.41) is 9.75. The average Bonchev–Trinajstić information content (AvgIpc) is 3.07. The first-order valence-corrected chi connectivity index (χ1v) is 7.76. The molecule has 0 bridgehead atoms. The van der Waals surface area contributed by atoms with E-state index in [0.717, 1.165) is 17.7 Å². The Morgan fingerprint density at radius 3 is 2.80 bits per heavy atom. The highest BCUT2D eigenvalue weighted by atomic mass is 16.6. The maximum atomic E-state index is 9.75. The van der Waals surface area contributed by atoms with Crippen molar-refractivity contribution < 1.29 is 14.6 Å². The molecule has 1 spiro atoms. The van der Waals surface area contributed by atoms with Gasteiger partial charge in [-0.15, -0.1) is 0 Å². The van der Waals surface area contributed by atoms with Gasteiger partial charge in [0.15, 0.2) is 0 Å². The standard InChI is InChI=1S/C17H24O3/c1-13(18)15-6-2-3-7-16(15)19-12-14-8-11-17(20-14)9-4-5-10-17/h2-3,6-7,13-14,18H,4-5,8-12H2,1H3. The zero-order valence-corrected chi connectivity index (χ0v) is 12.2. The number of aliphatic hydroxyl groups is 1. The highest BCUT2D eigenvalue weighted by molar-refractivity contribution is 5.34. The summed E-state index contributed by atoms with van der Waals surface area (Å²) in [5.74, 6) is 0.776. The van der Waals surface area contributed by atoms with Crippen molar-refractivity contribution in [1.29, 1.82) is 0 Å². The van der Waals surface area contributed by atoms with E-state index in [1.807, 2.05) is 24.3 Å². The van der Waals surface area contributed by atoms with Crippen LogP contribution < -0.4 is 4.74 Å². The molecule has 2 unspecified atom stereocenters. The molecule has 3 heteroatoms. The molecule has 0 aromatic heterocycles. The Kier molecular flexibility index (Phi) is 3.99. The molecule has 1 saturated carbocycles. The first-order valence-electron chi connectivity index (χ1n) is 7.76. The molecule has 2 atom stereocenters. The van der Waals surface area contributed by atoms with Crippen molar-refractivity contribution in [3.63, 3.8) is 0 Å². The summed E-state index contributed by atoms with van der Waals surface area (Å²) in [6, 6.07) is 7.69. The normalized spacial score (nSPS) is 26.0. The fraction of sp³-hybridized carbons (Fsp3) is 0.647. The van der Waals surface area contributed by atoms with Crippen molar-refractivity contribution in [2.45, 2.75) is 63.3 Å². The lowest BCUT2D eigenvalue weighted by Crippen LogP contribution is -2.27. The van der Waals surface area contributed by atoms with Gasteiger partial charge in [0.25, 0.3) is 0 Å². The molecule has 3 nitrogen and oxygen atoms in total. The predicted molar refractivity (Wildman–Crippen MR) is 77.9 cm³/mol. The van der Waals surface area contributed by atoms with Crippen LogP contribution in [-0.4, -0.2) is 23.4 Å². The maximum absolute atomic E-state index is 9.75. The highest BCUT2D eigenvalue weighted by Gasteiger charge is 2.42. The van der Waals surface area contributed by atoms with Gasteiger partial charge in [0.1, 0.15) is 12.4 Å². The van der Waals surface area contributed by atoms with Crippen LogP contribution in [0.2, 0.25) is 0 Å². The Balaban J connectivity index is 1.58. The van der Waals surface area contributed by atoms with Crippen molar-refractivity contribution in [3.05, 3.63) is 29.8 Å². The van der Waals surface area contributed by atoms with Gasteiger partial charge in [0.05, 0.1) is 17.8 Å². The van der Waals surface area contributed by atoms with Crippen molar-refractivity contribution >= 4 is 0 Å².